The fourth-order valence-electron chi connectivity index (χ4n) is 2.84. The Morgan fingerprint density at radius 2 is 2.07 bits per heavy atom. The van der Waals surface area contributed by atoms with E-state index in [1.54, 1.807) is 35.4 Å². The number of ether oxygens (including phenoxy) is 1. The lowest BCUT2D eigenvalue weighted by atomic mass is 9.96. The highest BCUT2D eigenvalue weighted by Crippen LogP contribution is 2.27. The van der Waals surface area contributed by atoms with Gasteiger partial charge < -0.3 is 10.1 Å². The van der Waals surface area contributed by atoms with Crippen molar-refractivity contribution in [3.05, 3.63) is 54.0 Å². The van der Waals surface area contributed by atoms with Gasteiger partial charge in [-0.1, -0.05) is 18.2 Å². The van der Waals surface area contributed by atoms with Crippen LogP contribution >= 0.6 is 0 Å². The molecule has 0 amide bonds. The van der Waals surface area contributed by atoms with Crippen molar-refractivity contribution >= 4 is 17.6 Å². The zero-order valence-electron chi connectivity index (χ0n) is 16.8. The van der Waals surface area contributed by atoms with Crippen molar-refractivity contribution in [2.45, 2.75) is 27.3 Å². The molecule has 29 heavy (non-hydrogen) atoms. The van der Waals surface area contributed by atoms with Crippen molar-refractivity contribution in [3.8, 4) is 17.3 Å². The van der Waals surface area contributed by atoms with Gasteiger partial charge in [0.25, 0.3) is 0 Å². The number of nitrogens with one attached hydrogen (secondary N) is 1. The highest BCUT2D eigenvalue weighted by molar-refractivity contribution is 5.97. The fraction of sp³-hybridized carbons (Fsp3) is 0.286. The molecular weight excluding hydrogens is 368 g/mol. The molecule has 0 saturated carbocycles. The lowest BCUT2D eigenvalue weighted by Crippen LogP contribution is -2.17. The Hall–Kier alpha value is -3.73. The maximum atomic E-state index is 12.1. The molecule has 3 aromatic rings. The number of benzene rings is 1. The van der Waals surface area contributed by atoms with Crippen molar-refractivity contribution < 1.29 is 9.53 Å². The van der Waals surface area contributed by atoms with Gasteiger partial charge in [0.05, 0.1) is 48.3 Å². The van der Waals surface area contributed by atoms with Gasteiger partial charge in [0.15, 0.2) is 0 Å². The SMILES string of the molecule is COC(=O)c1ccccc1-c1nc(Nc2cnn(CC(C)(C)C#N)c2)ncc1C. The van der Waals surface area contributed by atoms with Crippen molar-refractivity contribution in [2.24, 2.45) is 5.41 Å². The van der Waals surface area contributed by atoms with Crippen LogP contribution in [-0.4, -0.2) is 32.8 Å². The summed E-state index contributed by atoms with van der Waals surface area (Å²) in [6.07, 6.45) is 5.14. The Labute approximate surface area is 169 Å². The van der Waals surface area contributed by atoms with E-state index >= 15 is 0 Å². The number of anilines is 2. The summed E-state index contributed by atoms with van der Waals surface area (Å²) in [5, 5.41) is 16.6. The summed E-state index contributed by atoms with van der Waals surface area (Å²) in [5.41, 5.74) is 2.77. The summed E-state index contributed by atoms with van der Waals surface area (Å²) >= 11 is 0. The Bertz CT molecular complexity index is 1080. The summed E-state index contributed by atoms with van der Waals surface area (Å²) in [6.45, 7) is 6.07. The van der Waals surface area contributed by atoms with Gasteiger partial charge in [-0.3, -0.25) is 4.68 Å². The van der Waals surface area contributed by atoms with Gasteiger partial charge in [0.1, 0.15) is 0 Å². The molecule has 0 spiro atoms. The van der Waals surface area contributed by atoms with E-state index < -0.39 is 11.4 Å². The molecular formula is C21H22N6O2. The zero-order valence-corrected chi connectivity index (χ0v) is 16.8. The Balaban J connectivity index is 1.89. The number of aromatic nitrogens is 4. The molecule has 8 heteroatoms. The molecule has 1 N–H and O–H groups in total. The third kappa shape index (κ3) is 4.58. The van der Waals surface area contributed by atoms with E-state index in [9.17, 15) is 10.1 Å². The standard InChI is InChI=1S/C21H22N6O2/c1-14-9-23-20(25-15-10-24-27(11-15)13-21(2,3)12-22)26-18(14)16-7-5-6-8-17(16)19(28)29-4/h5-11H,13H2,1-4H3,(H,23,25,26). The molecule has 1 aromatic carbocycles. The molecule has 0 atom stereocenters. The van der Waals surface area contributed by atoms with Crippen LogP contribution in [0.4, 0.5) is 11.6 Å². The number of methoxy groups -OCH3 is 1. The number of hydrogen-bond acceptors (Lipinski definition) is 7. The summed E-state index contributed by atoms with van der Waals surface area (Å²) in [5.74, 6) is -0.0427. The highest BCUT2D eigenvalue weighted by Gasteiger charge is 2.19. The minimum atomic E-state index is -0.519. The van der Waals surface area contributed by atoms with Gasteiger partial charge in [-0.2, -0.15) is 10.4 Å². The molecule has 0 aliphatic carbocycles. The summed E-state index contributed by atoms with van der Waals surface area (Å²) in [4.78, 5) is 21.0. The lowest BCUT2D eigenvalue weighted by molar-refractivity contribution is 0.0601. The second-order valence-electron chi connectivity index (χ2n) is 7.31. The maximum absolute atomic E-state index is 12.1. The molecule has 8 nitrogen and oxygen atoms in total. The van der Waals surface area contributed by atoms with Crippen molar-refractivity contribution in [3.63, 3.8) is 0 Å². The van der Waals surface area contributed by atoms with Crippen LogP contribution in [0.3, 0.4) is 0 Å². The second-order valence-corrected chi connectivity index (χ2v) is 7.31. The fourth-order valence-corrected chi connectivity index (χ4v) is 2.84. The maximum Gasteiger partial charge on any atom is 0.338 e. The minimum Gasteiger partial charge on any atom is -0.465 e. The van der Waals surface area contributed by atoms with E-state index in [-0.39, 0.29) is 0 Å². The number of nitriles is 1. The number of nitrogens with zero attached hydrogens (tertiary/aromatic N) is 5. The topological polar surface area (TPSA) is 106 Å². The van der Waals surface area contributed by atoms with E-state index in [0.717, 1.165) is 5.56 Å². The van der Waals surface area contributed by atoms with Crippen molar-refractivity contribution in [1.82, 2.24) is 19.7 Å². The largest absolute Gasteiger partial charge is 0.465 e. The average molecular weight is 390 g/mol. The number of esters is 1. The van der Waals surface area contributed by atoms with E-state index in [2.05, 4.69) is 26.5 Å². The third-order valence-corrected chi connectivity index (χ3v) is 4.31. The number of carbonyl (C=O) groups is 1. The molecule has 2 heterocycles. The third-order valence-electron chi connectivity index (χ3n) is 4.31. The Morgan fingerprint density at radius 3 is 2.79 bits per heavy atom. The molecule has 0 fully saturated rings. The van der Waals surface area contributed by atoms with Crippen LogP contribution in [0.25, 0.3) is 11.3 Å². The highest BCUT2D eigenvalue weighted by atomic mass is 16.5. The first-order valence-electron chi connectivity index (χ1n) is 9.05. The molecule has 0 saturated heterocycles. The molecule has 2 aromatic heterocycles. The van der Waals surface area contributed by atoms with Gasteiger partial charge in [0.2, 0.25) is 5.95 Å². The molecule has 0 unspecified atom stereocenters. The van der Waals surface area contributed by atoms with Crippen LogP contribution in [0.2, 0.25) is 0 Å². The predicted molar refractivity (Wildman–Crippen MR) is 108 cm³/mol. The van der Waals surface area contributed by atoms with Gasteiger partial charge in [-0.25, -0.2) is 14.8 Å². The number of aryl methyl sites for hydroxylation is 1. The predicted octanol–water partition coefficient (Wildman–Crippen LogP) is 3.73. The van der Waals surface area contributed by atoms with Gasteiger partial charge in [-0.15, -0.1) is 0 Å². The van der Waals surface area contributed by atoms with E-state index in [0.29, 0.717) is 35.0 Å². The Kier molecular flexibility index (Phi) is 5.59. The van der Waals surface area contributed by atoms with Crippen LogP contribution in [0.5, 0.6) is 0 Å². The second kappa shape index (κ2) is 8.10. The smallest absolute Gasteiger partial charge is 0.338 e. The number of hydrogen-bond donors (Lipinski definition) is 1. The van der Waals surface area contributed by atoms with Crippen LogP contribution in [-0.2, 0) is 11.3 Å². The summed E-state index contributed by atoms with van der Waals surface area (Å²) in [7, 11) is 1.35. The molecule has 0 radical (unpaired) electrons. The first-order valence-corrected chi connectivity index (χ1v) is 9.05. The molecule has 0 aliphatic heterocycles. The van der Waals surface area contributed by atoms with Crippen molar-refractivity contribution in [2.75, 3.05) is 12.4 Å². The van der Waals surface area contributed by atoms with E-state index in [4.69, 9.17) is 4.74 Å². The molecule has 0 bridgehead atoms. The minimum absolute atomic E-state index is 0.379. The molecule has 3 rings (SSSR count). The summed E-state index contributed by atoms with van der Waals surface area (Å²) < 4.78 is 6.59. The normalized spacial score (nSPS) is 11.0. The van der Waals surface area contributed by atoms with Crippen LogP contribution in [0, 0.1) is 23.7 Å². The quantitative estimate of drug-likeness (QED) is 0.639. The van der Waals surface area contributed by atoms with Gasteiger partial charge in [0, 0.05) is 18.0 Å². The van der Waals surface area contributed by atoms with Gasteiger partial charge >= 0.3 is 5.97 Å². The average Bonchev–Trinajstić information content (AvgIpc) is 3.14. The van der Waals surface area contributed by atoms with E-state index in [1.165, 1.54) is 7.11 Å². The molecule has 0 aliphatic rings. The van der Waals surface area contributed by atoms with Gasteiger partial charge in [-0.05, 0) is 32.4 Å². The van der Waals surface area contributed by atoms with E-state index in [1.807, 2.05) is 32.9 Å². The summed E-state index contributed by atoms with van der Waals surface area (Å²) in [6, 6.07) is 9.41. The molecule has 148 valence electrons. The zero-order chi connectivity index (χ0) is 21.0. The number of rotatable bonds is 6. The first kappa shape index (κ1) is 20.0. The van der Waals surface area contributed by atoms with Crippen LogP contribution in [0.1, 0.15) is 29.8 Å². The lowest BCUT2D eigenvalue weighted by Gasteiger charge is -2.14. The Morgan fingerprint density at radius 1 is 1.31 bits per heavy atom. The number of carbonyl (C=O) groups excluding carboxylic acids is 1. The first-order chi connectivity index (χ1) is 13.8. The van der Waals surface area contributed by atoms with Crippen LogP contribution < -0.4 is 5.32 Å². The van der Waals surface area contributed by atoms with Crippen LogP contribution in [0.15, 0.2) is 42.9 Å². The monoisotopic (exact) mass is 390 g/mol. The van der Waals surface area contributed by atoms with Crippen molar-refractivity contribution in [1.29, 1.82) is 5.26 Å².